The molecule has 0 aliphatic heterocycles. The first kappa shape index (κ1) is 15.8. The van der Waals surface area contributed by atoms with Gasteiger partial charge in [-0.15, -0.1) is 0 Å². The molecule has 2 aromatic rings. The third-order valence-corrected chi connectivity index (χ3v) is 4.31. The Balaban J connectivity index is 1.47. The van der Waals surface area contributed by atoms with E-state index in [0.29, 0.717) is 21.7 Å². The molecule has 0 bridgehead atoms. The molecule has 6 heteroatoms. The monoisotopic (exact) mass is 345 g/mol. The van der Waals surface area contributed by atoms with Crippen molar-refractivity contribution in [3.05, 3.63) is 65.2 Å². The summed E-state index contributed by atoms with van der Waals surface area (Å²) in [5, 5.41) is 3.80. The summed E-state index contributed by atoms with van der Waals surface area (Å²) in [5.41, 5.74) is 7.25. The Hall–Kier alpha value is -2.11. The van der Waals surface area contributed by atoms with Crippen LogP contribution in [-0.4, -0.2) is 11.0 Å². The minimum atomic E-state index is -0.0536. The molecule has 4 nitrogen and oxygen atoms in total. The Morgan fingerprint density at radius 3 is 2.48 bits per heavy atom. The Morgan fingerprint density at radius 1 is 1.04 bits per heavy atom. The zero-order valence-electron chi connectivity index (χ0n) is 12.3. The average molecular weight is 346 g/mol. The molecule has 2 unspecified atom stereocenters. The van der Waals surface area contributed by atoms with Crippen molar-refractivity contribution in [2.24, 2.45) is 5.92 Å². The van der Waals surface area contributed by atoms with Crippen LogP contribution in [0.3, 0.4) is 0 Å². The van der Waals surface area contributed by atoms with Gasteiger partial charge in [0.1, 0.15) is 0 Å². The molecule has 0 aromatic heterocycles. The molecule has 0 saturated heterocycles. The van der Waals surface area contributed by atoms with Crippen LogP contribution in [0.25, 0.3) is 0 Å². The summed E-state index contributed by atoms with van der Waals surface area (Å²) in [6.07, 6.45) is 0.863. The van der Waals surface area contributed by atoms with Gasteiger partial charge in [0.25, 0.3) is 0 Å². The van der Waals surface area contributed by atoms with E-state index in [1.54, 1.807) is 6.07 Å². The Kier molecular flexibility index (Phi) is 4.79. The zero-order valence-corrected chi connectivity index (χ0v) is 13.8. The maximum Gasteiger partial charge on any atom is 0.242 e. The molecule has 3 N–H and O–H groups in total. The van der Waals surface area contributed by atoms with Crippen LogP contribution in [0.15, 0.2) is 54.6 Å². The van der Waals surface area contributed by atoms with E-state index < -0.39 is 0 Å². The summed E-state index contributed by atoms with van der Waals surface area (Å²) in [6, 6.07) is 17.3. The lowest BCUT2D eigenvalue weighted by atomic mass is 10.1. The highest BCUT2D eigenvalue weighted by Crippen LogP contribution is 2.47. The van der Waals surface area contributed by atoms with Gasteiger partial charge in [0.2, 0.25) is 5.91 Å². The Bertz CT molecular complexity index is 723. The minimum absolute atomic E-state index is 0.00647. The molecule has 2 atom stereocenters. The molecular weight excluding hydrogens is 330 g/mol. The van der Waals surface area contributed by atoms with E-state index in [1.807, 2.05) is 36.4 Å². The van der Waals surface area contributed by atoms with Gasteiger partial charge >= 0.3 is 0 Å². The van der Waals surface area contributed by atoms with Gasteiger partial charge in [-0.2, -0.15) is 0 Å². The van der Waals surface area contributed by atoms with E-state index in [4.69, 9.17) is 23.8 Å². The lowest BCUT2D eigenvalue weighted by molar-refractivity contribution is -0.122. The van der Waals surface area contributed by atoms with E-state index in [-0.39, 0.29) is 11.8 Å². The van der Waals surface area contributed by atoms with Crippen molar-refractivity contribution in [3.8, 4) is 0 Å². The van der Waals surface area contributed by atoms with Crippen LogP contribution in [0, 0.1) is 5.92 Å². The van der Waals surface area contributed by atoms with Crippen LogP contribution in [-0.2, 0) is 4.79 Å². The molecule has 3 rings (SSSR count). The third kappa shape index (κ3) is 4.00. The highest BCUT2D eigenvalue weighted by atomic mass is 35.5. The molecule has 1 saturated carbocycles. The number of thiocarbonyl (C=S) groups is 1. The van der Waals surface area contributed by atoms with Crippen LogP contribution >= 0.6 is 23.8 Å². The van der Waals surface area contributed by atoms with Gasteiger partial charge in [0.15, 0.2) is 5.11 Å². The van der Waals surface area contributed by atoms with Crippen molar-refractivity contribution in [2.75, 3.05) is 5.32 Å². The van der Waals surface area contributed by atoms with E-state index >= 15 is 0 Å². The molecule has 118 valence electrons. The molecule has 1 aliphatic rings. The molecule has 2 aromatic carbocycles. The summed E-state index contributed by atoms with van der Waals surface area (Å²) >= 11 is 11.2. The first-order chi connectivity index (χ1) is 11.1. The number of anilines is 1. The molecule has 1 fully saturated rings. The van der Waals surface area contributed by atoms with Gasteiger partial charge < -0.3 is 5.32 Å². The van der Waals surface area contributed by atoms with Gasteiger partial charge in [-0.3, -0.25) is 15.6 Å². The van der Waals surface area contributed by atoms with Crippen molar-refractivity contribution >= 4 is 40.5 Å². The van der Waals surface area contributed by atoms with Gasteiger partial charge in [-0.25, -0.2) is 0 Å². The lowest BCUT2D eigenvalue weighted by Gasteiger charge is -2.12. The number of nitrogens with one attached hydrogen (secondary N) is 3. The van der Waals surface area contributed by atoms with Crippen molar-refractivity contribution < 1.29 is 4.79 Å². The van der Waals surface area contributed by atoms with Crippen LogP contribution in [0.2, 0.25) is 5.02 Å². The number of rotatable bonds is 3. The van der Waals surface area contributed by atoms with E-state index in [9.17, 15) is 4.79 Å². The number of hydrogen-bond donors (Lipinski definition) is 3. The summed E-state index contributed by atoms with van der Waals surface area (Å²) in [6.45, 7) is 0. The molecule has 0 radical (unpaired) electrons. The first-order valence-corrected chi connectivity index (χ1v) is 8.10. The van der Waals surface area contributed by atoms with Crippen molar-refractivity contribution in [1.82, 2.24) is 10.9 Å². The number of hydrazine groups is 1. The number of halogens is 1. The topological polar surface area (TPSA) is 53.2 Å². The number of para-hydroxylation sites is 1. The maximum atomic E-state index is 12.1. The number of benzene rings is 2. The summed E-state index contributed by atoms with van der Waals surface area (Å²) in [4.78, 5) is 12.1. The zero-order chi connectivity index (χ0) is 16.2. The fourth-order valence-electron chi connectivity index (χ4n) is 2.48. The van der Waals surface area contributed by atoms with Gasteiger partial charge in [0, 0.05) is 5.92 Å². The standard InChI is InChI=1S/C17H16ClN3OS/c18-14-8-4-5-9-15(14)19-17(23)21-20-16(22)13-10-12(13)11-6-2-1-3-7-11/h1-9,12-13H,10H2,(H,20,22)(H2,19,21,23). The number of amides is 1. The second-order valence-electron chi connectivity index (χ2n) is 5.41. The average Bonchev–Trinajstić information content (AvgIpc) is 3.36. The number of hydrogen-bond acceptors (Lipinski definition) is 2. The predicted molar refractivity (Wildman–Crippen MR) is 96.2 cm³/mol. The molecule has 23 heavy (non-hydrogen) atoms. The van der Waals surface area contributed by atoms with Gasteiger partial charge in [-0.05, 0) is 42.3 Å². The fourth-order valence-corrected chi connectivity index (χ4v) is 2.82. The Morgan fingerprint density at radius 2 is 1.74 bits per heavy atom. The minimum Gasteiger partial charge on any atom is -0.330 e. The molecule has 1 aliphatic carbocycles. The SMILES string of the molecule is O=C(NNC(=S)Nc1ccccc1Cl)C1CC1c1ccccc1. The number of carbonyl (C=O) groups excluding carboxylic acids is 1. The highest BCUT2D eigenvalue weighted by molar-refractivity contribution is 7.80. The molecule has 1 amide bonds. The van der Waals surface area contributed by atoms with Crippen molar-refractivity contribution in [2.45, 2.75) is 12.3 Å². The normalized spacial score (nSPS) is 18.8. The fraction of sp³-hybridized carbons (Fsp3) is 0.176. The second kappa shape index (κ2) is 6.98. The summed E-state index contributed by atoms with van der Waals surface area (Å²) < 4.78 is 0. The van der Waals surface area contributed by atoms with Crippen LogP contribution in [0.4, 0.5) is 5.69 Å². The second-order valence-corrected chi connectivity index (χ2v) is 6.22. The molecule has 0 heterocycles. The van der Waals surface area contributed by atoms with Crippen LogP contribution in [0.1, 0.15) is 17.9 Å². The smallest absolute Gasteiger partial charge is 0.242 e. The summed E-state index contributed by atoms with van der Waals surface area (Å²) in [5.74, 6) is 0.235. The number of carbonyl (C=O) groups is 1. The first-order valence-electron chi connectivity index (χ1n) is 7.31. The van der Waals surface area contributed by atoms with E-state index in [1.165, 1.54) is 5.56 Å². The van der Waals surface area contributed by atoms with E-state index in [0.717, 1.165) is 6.42 Å². The lowest BCUT2D eigenvalue weighted by Crippen LogP contribution is -2.44. The van der Waals surface area contributed by atoms with Gasteiger partial charge in [0.05, 0.1) is 10.7 Å². The van der Waals surface area contributed by atoms with Gasteiger partial charge in [-0.1, -0.05) is 54.1 Å². The largest absolute Gasteiger partial charge is 0.330 e. The van der Waals surface area contributed by atoms with Crippen LogP contribution in [0.5, 0.6) is 0 Å². The Labute approximate surface area is 145 Å². The van der Waals surface area contributed by atoms with Crippen molar-refractivity contribution in [3.63, 3.8) is 0 Å². The molecule has 0 spiro atoms. The maximum absolute atomic E-state index is 12.1. The quantitative estimate of drug-likeness (QED) is 0.589. The van der Waals surface area contributed by atoms with Crippen molar-refractivity contribution in [1.29, 1.82) is 0 Å². The highest BCUT2D eigenvalue weighted by Gasteiger charge is 2.43. The predicted octanol–water partition coefficient (Wildman–Crippen LogP) is 3.46. The summed E-state index contributed by atoms with van der Waals surface area (Å²) in [7, 11) is 0. The third-order valence-electron chi connectivity index (χ3n) is 3.78. The van der Waals surface area contributed by atoms with E-state index in [2.05, 4.69) is 28.3 Å². The molecular formula is C17H16ClN3OS. The van der Waals surface area contributed by atoms with Crippen LogP contribution < -0.4 is 16.2 Å².